The monoisotopic (exact) mass is 412 g/mol. The summed E-state index contributed by atoms with van der Waals surface area (Å²) in [7, 11) is 0. The molecule has 7 heteroatoms. The third-order valence-corrected chi connectivity index (χ3v) is 5.83. The van der Waals surface area contributed by atoms with E-state index in [4.69, 9.17) is 16.0 Å². The molecule has 1 aromatic carbocycles. The van der Waals surface area contributed by atoms with Gasteiger partial charge in [0, 0.05) is 29.2 Å². The molecule has 3 heterocycles. The minimum atomic E-state index is -0.156. The van der Waals surface area contributed by atoms with Crippen LogP contribution in [0.5, 0.6) is 0 Å². The van der Waals surface area contributed by atoms with E-state index in [1.54, 1.807) is 6.20 Å². The molecule has 29 heavy (non-hydrogen) atoms. The van der Waals surface area contributed by atoms with Crippen molar-refractivity contribution in [2.24, 2.45) is 0 Å². The van der Waals surface area contributed by atoms with Crippen LogP contribution in [0.2, 0.25) is 5.02 Å². The molecular formula is C22H25ClN4O2. The van der Waals surface area contributed by atoms with Gasteiger partial charge in [-0.3, -0.25) is 9.89 Å². The Kier molecular flexibility index (Phi) is 5.72. The number of carbonyl (C=O) groups excluding carboxylic acids is 1. The number of likely N-dealkylation sites (tertiary alicyclic amines) is 1. The van der Waals surface area contributed by atoms with Crippen molar-refractivity contribution in [2.75, 3.05) is 6.54 Å². The van der Waals surface area contributed by atoms with Crippen LogP contribution < -0.4 is 0 Å². The van der Waals surface area contributed by atoms with Gasteiger partial charge in [0.1, 0.15) is 11.8 Å². The zero-order valence-corrected chi connectivity index (χ0v) is 17.5. The van der Waals surface area contributed by atoms with E-state index in [1.165, 1.54) is 0 Å². The average Bonchev–Trinajstić information content (AvgIpc) is 3.35. The third kappa shape index (κ3) is 4.08. The van der Waals surface area contributed by atoms with Crippen LogP contribution in [0.3, 0.4) is 0 Å². The van der Waals surface area contributed by atoms with E-state index in [0.29, 0.717) is 29.6 Å². The van der Waals surface area contributed by atoms with Gasteiger partial charge < -0.3 is 9.32 Å². The van der Waals surface area contributed by atoms with E-state index < -0.39 is 0 Å². The van der Waals surface area contributed by atoms with Gasteiger partial charge in [-0.2, -0.15) is 5.10 Å². The minimum Gasteiger partial charge on any atom is -0.443 e. The Morgan fingerprint density at radius 1 is 1.31 bits per heavy atom. The molecule has 1 aliphatic heterocycles. The smallest absolute Gasteiger partial charge is 0.275 e. The first-order valence-corrected chi connectivity index (χ1v) is 10.5. The summed E-state index contributed by atoms with van der Waals surface area (Å²) in [4.78, 5) is 19.6. The summed E-state index contributed by atoms with van der Waals surface area (Å²) in [6, 6.07) is 7.54. The Morgan fingerprint density at radius 2 is 2.10 bits per heavy atom. The topological polar surface area (TPSA) is 75.0 Å². The van der Waals surface area contributed by atoms with E-state index >= 15 is 0 Å². The quantitative estimate of drug-likeness (QED) is 0.648. The fourth-order valence-electron chi connectivity index (χ4n) is 3.92. The van der Waals surface area contributed by atoms with Gasteiger partial charge in [-0.25, -0.2) is 4.98 Å². The summed E-state index contributed by atoms with van der Waals surface area (Å²) in [5, 5.41) is 7.98. The molecule has 0 bridgehead atoms. The number of nitrogens with zero attached hydrogens (tertiary/aromatic N) is 3. The van der Waals surface area contributed by atoms with Gasteiger partial charge in [0.05, 0.1) is 6.20 Å². The highest BCUT2D eigenvalue weighted by molar-refractivity contribution is 6.30. The van der Waals surface area contributed by atoms with Gasteiger partial charge in [0.25, 0.3) is 5.91 Å². The summed E-state index contributed by atoms with van der Waals surface area (Å²) in [6.07, 6.45) is 6.09. The van der Waals surface area contributed by atoms with Gasteiger partial charge in [-0.05, 0) is 50.3 Å². The highest BCUT2D eigenvalue weighted by atomic mass is 35.5. The Labute approximate surface area is 175 Å². The lowest BCUT2D eigenvalue weighted by Gasteiger charge is -2.33. The Bertz CT molecular complexity index is 993. The summed E-state index contributed by atoms with van der Waals surface area (Å²) >= 11 is 5.96. The molecular weight excluding hydrogens is 388 g/mol. The summed E-state index contributed by atoms with van der Waals surface area (Å²) in [6.45, 7) is 4.68. The van der Waals surface area contributed by atoms with Crippen LogP contribution in [0.4, 0.5) is 0 Å². The summed E-state index contributed by atoms with van der Waals surface area (Å²) in [5.74, 6) is 1.33. The lowest BCUT2D eigenvalue weighted by molar-refractivity contribution is 0.0563. The van der Waals surface area contributed by atoms with Crippen molar-refractivity contribution in [3.63, 3.8) is 0 Å². The first-order valence-electron chi connectivity index (χ1n) is 10.1. The number of amides is 1. The van der Waals surface area contributed by atoms with Gasteiger partial charge in [0.15, 0.2) is 5.69 Å². The molecule has 0 radical (unpaired) electrons. The molecule has 1 amide bonds. The van der Waals surface area contributed by atoms with Crippen molar-refractivity contribution in [3.05, 3.63) is 69.7 Å². The molecule has 6 nitrogen and oxygen atoms in total. The van der Waals surface area contributed by atoms with E-state index in [9.17, 15) is 4.79 Å². The molecule has 0 saturated carbocycles. The number of benzene rings is 1. The summed E-state index contributed by atoms with van der Waals surface area (Å²) < 4.78 is 6.06. The van der Waals surface area contributed by atoms with Gasteiger partial charge in [-0.15, -0.1) is 0 Å². The van der Waals surface area contributed by atoms with Crippen molar-refractivity contribution < 1.29 is 9.21 Å². The van der Waals surface area contributed by atoms with Gasteiger partial charge in [-0.1, -0.05) is 30.7 Å². The Balaban J connectivity index is 1.54. The van der Waals surface area contributed by atoms with E-state index in [0.717, 1.165) is 48.3 Å². The number of hydrogen-bond acceptors (Lipinski definition) is 4. The first kappa shape index (κ1) is 19.7. The zero-order valence-electron chi connectivity index (χ0n) is 16.7. The molecule has 0 unspecified atom stereocenters. The van der Waals surface area contributed by atoms with Crippen LogP contribution in [0.15, 0.2) is 34.9 Å². The van der Waals surface area contributed by atoms with Gasteiger partial charge >= 0.3 is 0 Å². The number of halogens is 1. The van der Waals surface area contributed by atoms with E-state index in [2.05, 4.69) is 15.2 Å². The second-order valence-electron chi connectivity index (χ2n) is 7.51. The normalized spacial score (nSPS) is 16.9. The van der Waals surface area contributed by atoms with Gasteiger partial charge in [0.2, 0.25) is 5.89 Å². The molecule has 1 fully saturated rings. The molecule has 1 saturated heterocycles. The zero-order chi connectivity index (χ0) is 20.4. The number of aryl methyl sites for hydroxylation is 1. The maximum Gasteiger partial charge on any atom is 0.275 e. The summed E-state index contributed by atoms with van der Waals surface area (Å²) in [5.41, 5.74) is 3.54. The highest BCUT2D eigenvalue weighted by Gasteiger charge is 2.33. The van der Waals surface area contributed by atoms with Crippen molar-refractivity contribution in [3.8, 4) is 0 Å². The molecule has 152 valence electrons. The van der Waals surface area contributed by atoms with Crippen LogP contribution >= 0.6 is 11.6 Å². The number of aromatic amines is 1. The first-order chi connectivity index (χ1) is 14.1. The largest absolute Gasteiger partial charge is 0.443 e. The standard InChI is InChI=1S/C22H25ClN4O2/c1-3-18-14(2)20(26-25-18)22(28)27-11-5-4-6-19(27)21-24-13-17(29-21)12-15-7-9-16(23)10-8-15/h7-10,13,19H,3-6,11-12H2,1-2H3,(H,25,26)/t19-/m0/s1. The number of carbonyl (C=O) groups is 1. The molecule has 0 aliphatic carbocycles. The second-order valence-corrected chi connectivity index (χ2v) is 7.94. The predicted octanol–water partition coefficient (Wildman–Crippen LogP) is 4.88. The number of nitrogens with one attached hydrogen (secondary N) is 1. The number of oxazole rings is 1. The molecule has 2 aromatic heterocycles. The fraction of sp³-hybridized carbons (Fsp3) is 0.409. The minimum absolute atomic E-state index is 0.0550. The van der Waals surface area contributed by atoms with E-state index in [-0.39, 0.29) is 11.9 Å². The van der Waals surface area contributed by atoms with Crippen LogP contribution in [-0.4, -0.2) is 32.5 Å². The number of piperidine rings is 1. The lowest BCUT2D eigenvalue weighted by atomic mass is 10.0. The van der Waals surface area contributed by atoms with Crippen LogP contribution in [0.25, 0.3) is 0 Å². The van der Waals surface area contributed by atoms with Crippen molar-refractivity contribution >= 4 is 17.5 Å². The number of H-pyrrole nitrogens is 1. The van der Waals surface area contributed by atoms with Crippen LogP contribution in [0.1, 0.15) is 71.2 Å². The SMILES string of the molecule is CCc1[nH]nc(C(=O)N2CCCC[C@H]2c2ncc(Cc3ccc(Cl)cc3)o2)c1C. The molecule has 1 N–H and O–H groups in total. The molecule has 0 spiro atoms. The maximum atomic E-state index is 13.2. The molecule has 3 aromatic rings. The lowest BCUT2D eigenvalue weighted by Crippen LogP contribution is -2.39. The fourth-order valence-corrected chi connectivity index (χ4v) is 4.04. The Morgan fingerprint density at radius 3 is 2.83 bits per heavy atom. The highest BCUT2D eigenvalue weighted by Crippen LogP contribution is 2.32. The second kappa shape index (κ2) is 8.41. The van der Waals surface area contributed by atoms with Crippen LogP contribution in [-0.2, 0) is 12.8 Å². The molecule has 1 aliphatic rings. The molecule has 1 atom stereocenters. The average molecular weight is 413 g/mol. The third-order valence-electron chi connectivity index (χ3n) is 5.58. The van der Waals surface area contributed by atoms with Crippen molar-refractivity contribution in [1.29, 1.82) is 0 Å². The Hall–Kier alpha value is -2.60. The maximum absolute atomic E-state index is 13.2. The van der Waals surface area contributed by atoms with Crippen molar-refractivity contribution in [2.45, 2.75) is 52.0 Å². The van der Waals surface area contributed by atoms with Crippen molar-refractivity contribution in [1.82, 2.24) is 20.1 Å². The van der Waals surface area contributed by atoms with E-state index in [1.807, 2.05) is 43.0 Å². The number of rotatable bonds is 5. The van der Waals surface area contributed by atoms with Crippen LogP contribution in [0, 0.1) is 6.92 Å². The number of aromatic nitrogens is 3. The number of hydrogen-bond donors (Lipinski definition) is 1. The predicted molar refractivity (Wildman–Crippen MR) is 111 cm³/mol. The molecule has 4 rings (SSSR count).